The van der Waals surface area contributed by atoms with Gasteiger partial charge >= 0.3 is 0 Å². The molecule has 0 aliphatic rings. The van der Waals surface area contributed by atoms with Gasteiger partial charge in [0, 0.05) is 12.1 Å². The molecule has 3 nitrogen and oxygen atoms in total. The number of para-hydroxylation sites is 1. The molecule has 1 rings (SSSR count). The standard InChI is InChI=1S/C14H19NO2/c1-9(2)8-12(16)14(17)15-13-10(3)6-5-7-11(13)4/h5-7,9H,8H2,1-4H3,(H,15,17). The lowest BCUT2D eigenvalue weighted by Gasteiger charge is -2.11. The van der Waals surface area contributed by atoms with E-state index in [-0.39, 0.29) is 18.1 Å². The van der Waals surface area contributed by atoms with E-state index in [0.717, 1.165) is 16.8 Å². The molecule has 0 fully saturated rings. The van der Waals surface area contributed by atoms with Gasteiger partial charge in [0.25, 0.3) is 5.91 Å². The molecule has 0 aromatic heterocycles. The summed E-state index contributed by atoms with van der Waals surface area (Å²) in [5.74, 6) is -0.676. The lowest BCUT2D eigenvalue weighted by molar-refractivity contribution is -0.135. The first-order chi connectivity index (χ1) is 7.91. The molecule has 0 spiro atoms. The summed E-state index contributed by atoms with van der Waals surface area (Å²) in [5, 5.41) is 2.70. The number of hydrogen-bond acceptors (Lipinski definition) is 2. The van der Waals surface area contributed by atoms with Gasteiger partial charge in [0.1, 0.15) is 0 Å². The van der Waals surface area contributed by atoms with Gasteiger partial charge in [-0.15, -0.1) is 0 Å². The van der Waals surface area contributed by atoms with Crippen LogP contribution in [0.4, 0.5) is 5.69 Å². The van der Waals surface area contributed by atoms with Gasteiger partial charge in [-0.25, -0.2) is 0 Å². The van der Waals surface area contributed by atoms with Crippen molar-refractivity contribution in [3.63, 3.8) is 0 Å². The Labute approximate surface area is 102 Å². The van der Waals surface area contributed by atoms with Crippen molar-refractivity contribution in [1.29, 1.82) is 0 Å². The SMILES string of the molecule is Cc1cccc(C)c1NC(=O)C(=O)CC(C)C. The lowest BCUT2D eigenvalue weighted by atomic mass is 10.1. The number of amides is 1. The fourth-order valence-corrected chi connectivity index (χ4v) is 1.66. The average Bonchev–Trinajstić information content (AvgIpc) is 2.22. The monoisotopic (exact) mass is 233 g/mol. The van der Waals surface area contributed by atoms with Gasteiger partial charge in [0.05, 0.1) is 0 Å². The van der Waals surface area contributed by atoms with Crippen molar-refractivity contribution in [3.05, 3.63) is 29.3 Å². The zero-order valence-electron chi connectivity index (χ0n) is 10.8. The minimum atomic E-state index is -0.517. The van der Waals surface area contributed by atoms with E-state index in [2.05, 4.69) is 5.32 Å². The van der Waals surface area contributed by atoms with Crippen LogP contribution in [0, 0.1) is 19.8 Å². The predicted octanol–water partition coefficient (Wildman–Crippen LogP) is 2.86. The summed E-state index contributed by atoms with van der Waals surface area (Å²) < 4.78 is 0. The summed E-state index contributed by atoms with van der Waals surface area (Å²) >= 11 is 0. The van der Waals surface area contributed by atoms with Crippen LogP contribution < -0.4 is 5.32 Å². The van der Waals surface area contributed by atoms with Crippen molar-refractivity contribution in [1.82, 2.24) is 0 Å². The van der Waals surface area contributed by atoms with Crippen molar-refractivity contribution < 1.29 is 9.59 Å². The first kappa shape index (κ1) is 13.4. The summed E-state index contributed by atoms with van der Waals surface area (Å²) in [6.45, 7) is 7.67. The largest absolute Gasteiger partial charge is 0.319 e. The zero-order chi connectivity index (χ0) is 13.0. The number of benzene rings is 1. The molecular formula is C14H19NO2. The molecule has 1 aromatic rings. The number of Topliss-reactive ketones (excluding diaryl/α,β-unsaturated/α-hetero) is 1. The highest BCUT2D eigenvalue weighted by molar-refractivity contribution is 6.40. The van der Waals surface area contributed by atoms with E-state index in [9.17, 15) is 9.59 Å². The van der Waals surface area contributed by atoms with E-state index in [1.165, 1.54) is 0 Å². The molecule has 0 heterocycles. The Morgan fingerprint density at radius 1 is 1.18 bits per heavy atom. The molecule has 0 saturated heterocycles. The van der Waals surface area contributed by atoms with Crippen LogP contribution in [0.5, 0.6) is 0 Å². The Morgan fingerprint density at radius 2 is 1.71 bits per heavy atom. The normalized spacial score (nSPS) is 10.4. The van der Waals surface area contributed by atoms with Gasteiger partial charge in [-0.05, 0) is 30.9 Å². The van der Waals surface area contributed by atoms with Crippen LogP contribution in [-0.4, -0.2) is 11.7 Å². The van der Waals surface area contributed by atoms with Crippen LogP contribution in [0.3, 0.4) is 0 Å². The molecule has 0 aliphatic heterocycles. The summed E-state index contributed by atoms with van der Waals surface area (Å²) in [5.41, 5.74) is 2.68. The quantitative estimate of drug-likeness (QED) is 0.813. The fourth-order valence-electron chi connectivity index (χ4n) is 1.66. The third-order valence-electron chi connectivity index (χ3n) is 2.57. The Bertz CT molecular complexity index is 416. The van der Waals surface area contributed by atoms with Crippen LogP contribution in [0.15, 0.2) is 18.2 Å². The summed E-state index contributed by atoms with van der Waals surface area (Å²) in [6, 6.07) is 5.75. The molecule has 3 heteroatoms. The highest BCUT2D eigenvalue weighted by Gasteiger charge is 2.16. The minimum absolute atomic E-state index is 0.200. The molecule has 1 amide bonds. The Balaban J connectivity index is 2.78. The molecular weight excluding hydrogens is 214 g/mol. The van der Waals surface area contributed by atoms with Crippen molar-refractivity contribution >= 4 is 17.4 Å². The van der Waals surface area contributed by atoms with E-state index in [1.807, 2.05) is 45.9 Å². The number of anilines is 1. The van der Waals surface area contributed by atoms with Gasteiger partial charge < -0.3 is 5.32 Å². The third-order valence-corrected chi connectivity index (χ3v) is 2.57. The van der Waals surface area contributed by atoms with Crippen molar-refractivity contribution in [3.8, 4) is 0 Å². The Kier molecular flexibility index (Phi) is 4.44. The molecule has 0 radical (unpaired) electrons. The first-order valence-electron chi connectivity index (χ1n) is 5.82. The van der Waals surface area contributed by atoms with Crippen LogP contribution in [0.1, 0.15) is 31.4 Å². The number of aryl methyl sites for hydroxylation is 2. The topological polar surface area (TPSA) is 46.2 Å². The van der Waals surface area contributed by atoms with Gasteiger partial charge in [-0.3, -0.25) is 9.59 Å². The molecule has 92 valence electrons. The Hall–Kier alpha value is -1.64. The van der Waals surface area contributed by atoms with Crippen LogP contribution >= 0.6 is 0 Å². The van der Waals surface area contributed by atoms with Crippen molar-refractivity contribution in [2.24, 2.45) is 5.92 Å². The molecule has 0 unspecified atom stereocenters. The second-order valence-electron chi connectivity index (χ2n) is 4.74. The summed E-state index contributed by atoms with van der Waals surface area (Å²) in [4.78, 5) is 23.3. The van der Waals surface area contributed by atoms with Gasteiger partial charge in [-0.1, -0.05) is 32.0 Å². The molecule has 17 heavy (non-hydrogen) atoms. The predicted molar refractivity (Wildman–Crippen MR) is 69.0 cm³/mol. The molecule has 0 saturated carbocycles. The maximum atomic E-state index is 11.7. The average molecular weight is 233 g/mol. The summed E-state index contributed by atoms with van der Waals surface area (Å²) in [6.07, 6.45) is 0.288. The van der Waals surface area contributed by atoms with E-state index in [4.69, 9.17) is 0 Å². The molecule has 1 N–H and O–H groups in total. The second kappa shape index (κ2) is 5.62. The number of carbonyl (C=O) groups excluding carboxylic acids is 2. The second-order valence-corrected chi connectivity index (χ2v) is 4.74. The smallest absolute Gasteiger partial charge is 0.291 e. The van der Waals surface area contributed by atoms with E-state index in [1.54, 1.807) is 0 Å². The van der Waals surface area contributed by atoms with Gasteiger partial charge in [-0.2, -0.15) is 0 Å². The maximum Gasteiger partial charge on any atom is 0.291 e. The Morgan fingerprint density at radius 3 is 2.18 bits per heavy atom. The highest BCUT2D eigenvalue weighted by atomic mass is 16.2. The van der Waals surface area contributed by atoms with Gasteiger partial charge in [0.15, 0.2) is 0 Å². The summed E-state index contributed by atoms with van der Waals surface area (Å²) in [7, 11) is 0. The number of rotatable bonds is 4. The number of ketones is 1. The van der Waals surface area contributed by atoms with Crippen molar-refractivity contribution in [2.75, 3.05) is 5.32 Å². The third kappa shape index (κ3) is 3.70. The van der Waals surface area contributed by atoms with E-state index >= 15 is 0 Å². The molecule has 0 aliphatic carbocycles. The maximum absolute atomic E-state index is 11.7. The minimum Gasteiger partial charge on any atom is -0.319 e. The molecule has 0 atom stereocenters. The van der Waals surface area contributed by atoms with Crippen LogP contribution in [0.25, 0.3) is 0 Å². The fraction of sp³-hybridized carbons (Fsp3) is 0.429. The lowest BCUT2D eigenvalue weighted by Crippen LogP contribution is -2.24. The highest BCUT2D eigenvalue weighted by Crippen LogP contribution is 2.19. The number of hydrogen-bond donors (Lipinski definition) is 1. The molecule has 1 aromatic carbocycles. The molecule has 0 bridgehead atoms. The number of nitrogens with one attached hydrogen (secondary N) is 1. The van der Waals surface area contributed by atoms with Crippen LogP contribution in [0.2, 0.25) is 0 Å². The van der Waals surface area contributed by atoms with E-state index < -0.39 is 5.91 Å². The first-order valence-corrected chi connectivity index (χ1v) is 5.82. The van der Waals surface area contributed by atoms with Crippen LogP contribution in [-0.2, 0) is 9.59 Å². The zero-order valence-corrected chi connectivity index (χ0v) is 10.8. The number of carbonyl (C=O) groups is 2. The van der Waals surface area contributed by atoms with Crippen molar-refractivity contribution in [2.45, 2.75) is 34.1 Å². The van der Waals surface area contributed by atoms with Gasteiger partial charge in [0.2, 0.25) is 5.78 Å². The van der Waals surface area contributed by atoms with E-state index in [0.29, 0.717) is 0 Å².